The molecule has 118 valence electrons. The van der Waals surface area contributed by atoms with Gasteiger partial charge in [-0.2, -0.15) is 0 Å². The van der Waals surface area contributed by atoms with Crippen LogP contribution in [0.15, 0.2) is 22.7 Å². The molecule has 0 saturated carbocycles. The van der Waals surface area contributed by atoms with Gasteiger partial charge in [-0.15, -0.1) is 0 Å². The fourth-order valence-corrected chi connectivity index (χ4v) is 2.27. The molecule has 0 radical (unpaired) electrons. The van der Waals surface area contributed by atoms with Crippen molar-refractivity contribution in [2.24, 2.45) is 0 Å². The fourth-order valence-electron chi connectivity index (χ4n) is 1.90. The first kappa shape index (κ1) is 17.9. The monoisotopic (exact) mass is 358 g/mol. The van der Waals surface area contributed by atoms with E-state index in [1.807, 2.05) is 39.1 Å². The van der Waals surface area contributed by atoms with E-state index in [0.717, 1.165) is 10.0 Å². The number of nitrogens with one attached hydrogen (secondary N) is 2. The Hall–Kier alpha value is -1.11. The molecular formula is C15H23BrN2O3. The van der Waals surface area contributed by atoms with Crippen molar-refractivity contribution in [3.8, 4) is 5.75 Å². The minimum atomic E-state index is -0.162. The zero-order valence-corrected chi connectivity index (χ0v) is 14.5. The molecule has 1 aromatic rings. The van der Waals surface area contributed by atoms with Crippen LogP contribution in [0.2, 0.25) is 0 Å². The van der Waals surface area contributed by atoms with E-state index in [4.69, 9.17) is 9.47 Å². The Morgan fingerprint density at radius 2 is 2.10 bits per heavy atom. The molecular weight excluding hydrogens is 336 g/mol. The van der Waals surface area contributed by atoms with Gasteiger partial charge in [0.15, 0.2) is 6.61 Å². The summed E-state index contributed by atoms with van der Waals surface area (Å²) in [4.78, 5) is 11.8. The van der Waals surface area contributed by atoms with Gasteiger partial charge in [0.05, 0.1) is 6.61 Å². The first-order valence-electron chi connectivity index (χ1n) is 6.85. The number of carbonyl (C=O) groups is 1. The molecule has 0 aliphatic carbocycles. The molecule has 1 rings (SSSR count). The van der Waals surface area contributed by atoms with Crippen molar-refractivity contribution in [2.45, 2.75) is 25.9 Å². The first-order chi connectivity index (χ1) is 9.97. The Kier molecular flexibility index (Phi) is 7.71. The van der Waals surface area contributed by atoms with Crippen LogP contribution in [0.4, 0.5) is 0 Å². The summed E-state index contributed by atoms with van der Waals surface area (Å²) in [7, 11) is 3.49. The van der Waals surface area contributed by atoms with Crippen LogP contribution < -0.4 is 15.4 Å². The lowest BCUT2D eigenvalue weighted by Gasteiger charge is -2.18. The SMILES string of the molecule is CNC(C)c1cc(Br)ccc1OCC(=O)NC(C)COC. The van der Waals surface area contributed by atoms with Crippen LogP contribution in [0.3, 0.4) is 0 Å². The molecule has 0 spiro atoms. The summed E-state index contributed by atoms with van der Waals surface area (Å²) in [5, 5.41) is 5.98. The Labute approximate surface area is 134 Å². The highest BCUT2D eigenvalue weighted by molar-refractivity contribution is 9.10. The van der Waals surface area contributed by atoms with Crippen LogP contribution in [-0.2, 0) is 9.53 Å². The maximum atomic E-state index is 11.8. The molecule has 2 N–H and O–H groups in total. The molecule has 21 heavy (non-hydrogen) atoms. The van der Waals surface area contributed by atoms with Crippen molar-refractivity contribution < 1.29 is 14.3 Å². The van der Waals surface area contributed by atoms with Crippen LogP contribution >= 0.6 is 15.9 Å². The van der Waals surface area contributed by atoms with Gasteiger partial charge in [-0.1, -0.05) is 15.9 Å². The van der Waals surface area contributed by atoms with Crippen molar-refractivity contribution in [1.29, 1.82) is 0 Å². The standard InChI is InChI=1S/C15H23BrN2O3/c1-10(8-20-4)18-15(19)9-21-14-6-5-12(16)7-13(14)11(2)17-3/h5-7,10-11,17H,8-9H2,1-4H3,(H,18,19). The van der Waals surface area contributed by atoms with Gasteiger partial charge in [0.2, 0.25) is 0 Å². The smallest absolute Gasteiger partial charge is 0.258 e. The second-order valence-electron chi connectivity index (χ2n) is 4.91. The zero-order chi connectivity index (χ0) is 15.8. The number of rotatable bonds is 8. The maximum Gasteiger partial charge on any atom is 0.258 e. The van der Waals surface area contributed by atoms with Gasteiger partial charge in [-0.05, 0) is 39.1 Å². The number of hydrogen-bond donors (Lipinski definition) is 2. The summed E-state index contributed by atoms with van der Waals surface area (Å²) < 4.78 is 11.6. The zero-order valence-electron chi connectivity index (χ0n) is 12.9. The minimum Gasteiger partial charge on any atom is -0.483 e. The van der Waals surface area contributed by atoms with Crippen molar-refractivity contribution in [2.75, 3.05) is 27.4 Å². The van der Waals surface area contributed by atoms with Gasteiger partial charge >= 0.3 is 0 Å². The second-order valence-corrected chi connectivity index (χ2v) is 5.82. The Balaban J connectivity index is 2.64. The van der Waals surface area contributed by atoms with E-state index < -0.39 is 0 Å². The molecule has 0 fully saturated rings. The minimum absolute atomic E-state index is 0.0148. The second kappa shape index (κ2) is 9.02. The predicted octanol–water partition coefficient (Wildman–Crippen LogP) is 2.26. The lowest BCUT2D eigenvalue weighted by Crippen LogP contribution is -2.38. The lowest BCUT2D eigenvalue weighted by atomic mass is 10.1. The highest BCUT2D eigenvalue weighted by Crippen LogP contribution is 2.28. The van der Waals surface area contributed by atoms with E-state index in [-0.39, 0.29) is 24.6 Å². The van der Waals surface area contributed by atoms with Gasteiger partial charge < -0.3 is 20.1 Å². The van der Waals surface area contributed by atoms with Crippen LogP contribution in [0.5, 0.6) is 5.75 Å². The largest absolute Gasteiger partial charge is 0.483 e. The number of methoxy groups -OCH3 is 1. The van der Waals surface area contributed by atoms with E-state index in [0.29, 0.717) is 12.4 Å². The van der Waals surface area contributed by atoms with Crippen molar-refractivity contribution in [3.05, 3.63) is 28.2 Å². The Bertz CT molecular complexity index is 468. The van der Waals surface area contributed by atoms with E-state index >= 15 is 0 Å². The van der Waals surface area contributed by atoms with Crippen LogP contribution in [0.1, 0.15) is 25.5 Å². The van der Waals surface area contributed by atoms with E-state index in [9.17, 15) is 4.79 Å². The van der Waals surface area contributed by atoms with Gasteiger partial charge in [0, 0.05) is 29.2 Å². The average Bonchev–Trinajstić information content (AvgIpc) is 2.45. The normalized spacial score (nSPS) is 13.6. The third-order valence-corrected chi connectivity index (χ3v) is 3.55. The third kappa shape index (κ3) is 6.03. The summed E-state index contributed by atoms with van der Waals surface area (Å²) >= 11 is 3.45. The van der Waals surface area contributed by atoms with Crippen molar-refractivity contribution in [3.63, 3.8) is 0 Å². The summed E-state index contributed by atoms with van der Waals surface area (Å²) in [5.41, 5.74) is 1.00. The van der Waals surface area contributed by atoms with Crippen molar-refractivity contribution >= 4 is 21.8 Å². The Morgan fingerprint density at radius 3 is 2.71 bits per heavy atom. The van der Waals surface area contributed by atoms with Crippen molar-refractivity contribution in [1.82, 2.24) is 10.6 Å². The van der Waals surface area contributed by atoms with Crippen LogP contribution in [0.25, 0.3) is 0 Å². The molecule has 0 bridgehead atoms. The predicted molar refractivity (Wildman–Crippen MR) is 86.6 cm³/mol. The molecule has 0 aliphatic heterocycles. The summed E-state index contributed by atoms with van der Waals surface area (Å²) in [6.45, 7) is 4.39. The molecule has 0 saturated heterocycles. The van der Waals surface area contributed by atoms with Gasteiger partial charge in [-0.25, -0.2) is 0 Å². The molecule has 2 unspecified atom stereocenters. The molecule has 0 aliphatic rings. The van der Waals surface area contributed by atoms with E-state index in [2.05, 4.69) is 26.6 Å². The van der Waals surface area contributed by atoms with Gasteiger partial charge in [0.25, 0.3) is 5.91 Å². The third-order valence-electron chi connectivity index (χ3n) is 3.05. The van der Waals surface area contributed by atoms with Gasteiger partial charge in [0.1, 0.15) is 5.75 Å². The molecule has 1 amide bonds. The summed E-state index contributed by atoms with van der Waals surface area (Å²) in [6.07, 6.45) is 0. The maximum absolute atomic E-state index is 11.8. The molecule has 5 nitrogen and oxygen atoms in total. The van der Waals surface area contributed by atoms with Crippen LogP contribution in [-0.4, -0.2) is 39.3 Å². The number of amides is 1. The summed E-state index contributed by atoms with van der Waals surface area (Å²) in [5.74, 6) is 0.542. The molecule has 0 aromatic heterocycles. The summed E-state index contributed by atoms with van der Waals surface area (Å²) in [6, 6.07) is 5.84. The number of benzene rings is 1. The number of ether oxygens (including phenoxy) is 2. The first-order valence-corrected chi connectivity index (χ1v) is 7.65. The van der Waals surface area contributed by atoms with E-state index in [1.165, 1.54) is 0 Å². The molecule has 6 heteroatoms. The van der Waals surface area contributed by atoms with Gasteiger partial charge in [-0.3, -0.25) is 4.79 Å². The van der Waals surface area contributed by atoms with Crippen LogP contribution in [0, 0.1) is 0 Å². The Morgan fingerprint density at radius 1 is 1.38 bits per heavy atom. The number of hydrogen-bond acceptors (Lipinski definition) is 4. The quantitative estimate of drug-likeness (QED) is 0.748. The molecule has 0 heterocycles. The van der Waals surface area contributed by atoms with E-state index in [1.54, 1.807) is 7.11 Å². The molecule has 1 aromatic carbocycles. The topological polar surface area (TPSA) is 59.6 Å². The average molecular weight is 359 g/mol. The lowest BCUT2D eigenvalue weighted by molar-refractivity contribution is -0.124. The molecule has 2 atom stereocenters. The highest BCUT2D eigenvalue weighted by Gasteiger charge is 2.13. The number of carbonyl (C=O) groups excluding carboxylic acids is 1. The fraction of sp³-hybridized carbons (Fsp3) is 0.533. The number of halogens is 1. The highest BCUT2D eigenvalue weighted by atomic mass is 79.9.